The van der Waals surface area contributed by atoms with Crippen LogP contribution in [0.1, 0.15) is 21.6 Å². The van der Waals surface area contributed by atoms with Gasteiger partial charge in [0.15, 0.2) is 0 Å². The summed E-state index contributed by atoms with van der Waals surface area (Å²) >= 11 is 0. The molecule has 0 spiro atoms. The number of nitrogens with one attached hydrogen (secondary N) is 2. The van der Waals surface area contributed by atoms with Crippen molar-refractivity contribution >= 4 is 22.9 Å². The standard InChI is InChI=1S/C23H20N4O2/c1-15-7-9-16(10-8-15)14-24-27-23(28)20-13-19(25-26-20)22-18-6-4-3-5-17(18)11-12-21(22)29-2/h3-14H,1-2H3,(H,25,26)(H,27,28)/b24-14-. The molecule has 0 atom stereocenters. The summed E-state index contributed by atoms with van der Waals surface area (Å²) in [6.07, 6.45) is 1.60. The average Bonchev–Trinajstić information content (AvgIpc) is 3.24. The van der Waals surface area contributed by atoms with Gasteiger partial charge in [-0.2, -0.15) is 10.2 Å². The van der Waals surface area contributed by atoms with Crippen LogP contribution < -0.4 is 10.2 Å². The summed E-state index contributed by atoms with van der Waals surface area (Å²) in [6, 6.07) is 21.4. The molecule has 0 aliphatic heterocycles. The molecule has 0 radical (unpaired) electrons. The van der Waals surface area contributed by atoms with Gasteiger partial charge in [-0.25, -0.2) is 5.43 Å². The highest BCUT2D eigenvalue weighted by Gasteiger charge is 2.16. The number of hydrogen-bond acceptors (Lipinski definition) is 4. The van der Waals surface area contributed by atoms with Crippen molar-refractivity contribution in [3.8, 4) is 17.0 Å². The maximum absolute atomic E-state index is 12.4. The van der Waals surface area contributed by atoms with Crippen LogP contribution in [0.3, 0.4) is 0 Å². The van der Waals surface area contributed by atoms with Crippen molar-refractivity contribution in [2.24, 2.45) is 5.10 Å². The van der Waals surface area contributed by atoms with Crippen LogP contribution >= 0.6 is 0 Å². The van der Waals surface area contributed by atoms with E-state index in [-0.39, 0.29) is 5.91 Å². The maximum atomic E-state index is 12.4. The summed E-state index contributed by atoms with van der Waals surface area (Å²) in [5.74, 6) is 0.325. The summed E-state index contributed by atoms with van der Waals surface area (Å²) in [5, 5.41) is 13.2. The van der Waals surface area contributed by atoms with Gasteiger partial charge in [0.1, 0.15) is 11.4 Å². The van der Waals surface area contributed by atoms with Gasteiger partial charge in [0.05, 0.1) is 24.6 Å². The minimum absolute atomic E-state index is 0.316. The summed E-state index contributed by atoms with van der Waals surface area (Å²) in [6.45, 7) is 2.02. The number of aromatic nitrogens is 2. The third-order valence-corrected chi connectivity index (χ3v) is 4.65. The minimum atomic E-state index is -0.369. The van der Waals surface area contributed by atoms with Gasteiger partial charge >= 0.3 is 0 Å². The van der Waals surface area contributed by atoms with E-state index in [0.717, 1.165) is 21.9 Å². The number of hydrazone groups is 1. The topological polar surface area (TPSA) is 79.4 Å². The Morgan fingerprint density at radius 2 is 1.90 bits per heavy atom. The molecule has 0 saturated heterocycles. The molecule has 0 bridgehead atoms. The van der Waals surface area contributed by atoms with Gasteiger partial charge in [-0.05, 0) is 35.4 Å². The van der Waals surface area contributed by atoms with Crippen LogP contribution in [0.4, 0.5) is 0 Å². The number of aryl methyl sites for hydroxylation is 1. The maximum Gasteiger partial charge on any atom is 0.289 e. The number of aromatic amines is 1. The highest BCUT2D eigenvalue weighted by molar-refractivity contribution is 6.00. The Hall–Kier alpha value is -3.93. The predicted molar refractivity (Wildman–Crippen MR) is 114 cm³/mol. The van der Waals surface area contributed by atoms with E-state index in [0.29, 0.717) is 17.1 Å². The lowest BCUT2D eigenvalue weighted by Crippen LogP contribution is -2.17. The van der Waals surface area contributed by atoms with Crippen LogP contribution in [0.2, 0.25) is 0 Å². The van der Waals surface area contributed by atoms with Gasteiger partial charge in [0.2, 0.25) is 0 Å². The molecule has 2 N–H and O–H groups in total. The van der Waals surface area contributed by atoms with Crippen molar-refractivity contribution in [1.29, 1.82) is 0 Å². The van der Waals surface area contributed by atoms with Crippen molar-refractivity contribution in [3.05, 3.63) is 83.6 Å². The molecule has 0 saturated carbocycles. The quantitative estimate of drug-likeness (QED) is 0.397. The van der Waals surface area contributed by atoms with Crippen molar-refractivity contribution in [2.45, 2.75) is 6.92 Å². The normalized spacial score (nSPS) is 11.1. The van der Waals surface area contributed by atoms with E-state index in [1.165, 1.54) is 5.56 Å². The average molecular weight is 384 g/mol. The molecular formula is C23H20N4O2. The van der Waals surface area contributed by atoms with E-state index >= 15 is 0 Å². The largest absolute Gasteiger partial charge is 0.496 e. The Balaban J connectivity index is 1.58. The van der Waals surface area contributed by atoms with E-state index in [2.05, 4.69) is 20.7 Å². The lowest BCUT2D eigenvalue weighted by atomic mass is 10.0. The molecule has 0 aliphatic carbocycles. The van der Waals surface area contributed by atoms with Gasteiger partial charge in [0, 0.05) is 0 Å². The van der Waals surface area contributed by atoms with Crippen LogP contribution in [0.5, 0.6) is 5.75 Å². The highest BCUT2D eigenvalue weighted by Crippen LogP contribution is 2.36. The Morgan fingerprint density at radius 1 is 1.10 bits per heavy atom. The summed E-state index contributed by atoms with van der Waals surface area (Å²) in [4.78, 5) is 12.4. The second kappa shape index (κ2) is 7.98. The second-order valence-electron chi connectivity index (χ2n) is 6.64. The van der Waals surface area contributed by atoms with E-state index < -0.39 is 0 Å². The molecular weight excluding hydrogens is 364 g/mol. The van der Waals surface area contributed by atoms with Crippen LogP contribution in [-0.2, 0) is 0 Å². The third kappa shape index (κ3) is 3.87. The monoisotopic (exact) mass is 384 g/mol. The summed E-state index contributed by atoms with van der Waals surface area (Å²) in [7, 11) is 1.62. The SMILES string of the molecule is COc1ccc2ccccc2c1-c1cc(C(=O)N/N=C\c2ccc(C)cc2)[nH]n1. The summed E-state index contributed by atoms with van der Waals surface area (Å²) < 4.78 is 5.52. The number of nitrogens with zero attached hydrogens (tertiary/aromatic N) is 2. The molecule has 1 heterocycles. The van der Waals surface area contributed by atoms with E-state index in [1.807, 2.05) is 67.6 Å². The Bertz CT molecular complexity index is 1190. The lowest BCUT2D eigenvalue weighted by molar-refractivity contribution is 0.0950. The van der Waals surface area contributed by atoms with Crippen LogP contribution in [0.25, 0.3) is 22.0 Å². The first-order valence-corrected chi connectivity index (χ1v) is 9.17. The number of amides is 1. The zero-order chi connectivity index (χ0) is 20.2. The van der Waals surface area contributed by atoms with E-state index in [1.54, 1.807) is 19.4 Å². The first kappa shape index (κ1) is 18.4. The van der Waals surface area contributed by atoms with Crippen molar-refractivity contribution in [2.75, 3.05) is 7.11 Å². The number of benzene rings is 3. The summed E-state index contributed by atoms with van der Waals surface area (Å²) in [5.41, 5.74) is 6.38. The zero-order valence-corrected chi connectivity index (χ0v) is 16.1. The van der Waals surface area contributed by atoms with Crippen LogP contribution in [0.15, 0.2) is 71.8 Å². The number of H-pyrrole nitrogens is 1. The molecule has 1 amide bonds. The number of rotatable bonds is 5. The van der Waals surface area contributed by atoms with Gasteiger partial charge in [-0.3, -0.25) is 9.89 Å². The minimum Gasteiger partial charge on any atom is -0.496 e. The molecule has 4 aromatic rings. The predicted octanol–water partition coefficient (Wildman–Crippen LogP) is 4.31. The van der Waals surface area contributed by atoms with Crippen molar-refractivity contribution in [1.82, 2.24) is 15.6 Å². The lowest BCUT2D eigenvalue weighted by Gasteiger charge is -2.09. The molecule has 3 aromatic carbocycles. The fourth-order valence-corrected chi connectivity index (χ4v) is 3.13. The van der Waals surface area contributed by atoms with Gasteiger partial charge in [-0.15, -0.1) is 0 Å². The molecule has 6 heteroatoms. The molecule has 0 fully saturated rings. The van der Waals surface area contributed by atoms with E-state index in [9.17, 15) is 4.79 Å². The third-order valence-electron chi connectivity index (χ3n) is 4.65. The Labute approximate surface area is 168 Å². The van der Waals surface area contributed by atoms with Crippen LogP contribution in [-0.4, -0.2) is 29.4 Å². The Kier molecular flexibility index (Phi) is 5.07. The van der Waals surface area contributed by atoms with Crippen LogP contribution in [0, 0.1) is 6.92 Å². The number of fused-ring (bicyclic) bond motifs is 1. The Morgan fingerprint density at radius 3 is 2.69 bits per heavy atom. The van der Waals surface area contributed by atoms with Crippen molar-refractivity contribution < 1.29 is 9.53 Å². The fourth-order valence-electron chi connectivity index (χ4n) is 3.13. The number of hydrogen-bond donors (Lipinski definition) is 2. The molecule has 144 valence electrons. The first-order valence-electron chi connectivity index (χ1n) is 9.17. The van der Waals surface area contributed by atoms with E-state index in [4.69, 9.17) is 4.74 Å². The number of ether oxygens (including phenoxy) is 1. The van der Waals surface area contributed by atoms with Gasteiger partial charge in [-0.1, -0.05) is 60.2 Å². The molecule has 0 aliphatic rings. The number of carbonyl (C=O) groups is 1. The molecule has 6 nitrogen and oxygen atoms in total. The smallest absolute Gasteiger partial charge is 0.289 e. The van der Waals surface area contributed by atoms with Gasteiger partial charge in [0.25, 0.3) is 5.91 Å². The second-order valence-corrected chi connectivity index (χ2v) is 6.64. The fraction of sp³-hybridized carbons (Fsp3) is 0.0870. The molecule has 4 rings (SSSR count). The number of methoxy groups -OCH3 is 1. The molecule has 29 heavy (non-hydrogen) atoms. The number of carbonyl (C=O) groups excluding carboxylic acids is 1. The first-order chi connectivity index (χ1) is 14.2. The molecule has 0 unspecified atom stereocenters. The highest BCUT2D eigenvalue weighted by atomic mass is 16.5. The molecule has 1 aromatic heterocycles. The van der Waals surface area contributed by atoms with Crippen molar-refractivity contribution in [3.63, 3.8) is 0 Å². The zero-order valence-electron chi connectivity index (χ0n) is 16.1. The van der Waals surface area contributed by atoms with Gasteiger partial charge < -0.3 is 4.74 Å².